The fourth-order valence-electron chi connectivity index (χ4n) is 9.23. The molecule has 3 aliphatic heterocycles. The Kier molecular flexibility index (Phi) is 8.17. The van der Waals surface area contributed by atoms with Crippen LogP contribution in [0, 0.1) is 17.7 Å². The summed E-state index contributed by atoms with van der Waals surface area (Å²) in [5.74, 6) is -2.40. The molecule has 48 heavy (non-hydrogen) atoms. The highest BCUT2D eigenvalue weighted by atomic mass is 19.1. The van der Waals surface area contributed by atoms with E-state index in [1.54, 1.807) is 18.2 Å². The highest BCUT2D eigenvalue weighted by Crippen LogP contribution is 2.66. The summed E-state index contributed by atoms with van der Waals surface area (Å²) < 4.78 is 20.1. The Morgan fingerprint density at radius 1 is 0.958 bits per heavy atom. The molecule has 3 heterocycles. The molecule has 1 spiro atoms. The number of hydrogen-bond acceptors (Lipinski definition) is 9. The van der Waals surface area contributed by atoms with Crippen molar-refractivity contribution in [3.63, 3.8) is 0 Å². The van der Waals surface area contributed by atoms with E-state index >= 15 is 0 Å². The van der Waals surface area contributed by atoms with E-state index < -0.39 is 35.2 Å². The van der Waals surface area contributed by atoms with E-state index in [-0.39, 0.29) is 41.6 Å². The van der Waals surface area contributed by atoms with E-state index in [1.165, 1.54) is 30.5 Å². The van der Waals surface area contributed by atoms with Crippen molar-refractivity contribution in [3.8, 4) is 11.5 Å². The lowest BCUT2D eigenvalue weighted by molar-refractivity contribution is -0.200. The van der Waals surface area contributed by atoms with E-state index in [0.29, 0.717) is 31.6 Å². The minimum absolute atomic E-state index is 0.0346. The van der Waals surface area contributed by atoms with Crippen LogP contribution in [0.5, 0.6) is 11.5 Å². The number of phenols is 1. The van der Waals surface area contributed by atoms with Gasteiger partial charge in [0.2, 0.25) is 5.91 Å². The van der Waals surface area contributed by atoms with Crippen LogP contribution in [0.3, 0.4) is 0 Å². The molecule has 2 saturated carbocycles. The molecule has 13 heteroatoms. The van der Waals surface area contributed by atoms with Crippen molar-refractivity contribution in [2.75, 3.05) is 19.6 Å². The number of aliphatic hydroxyl groups is 3. The first-order valence-electron chi connectivity index (χ1n) is 16.7. The molecule has 6 aliphatic rings. The number of carboxylic acid groups (broad SMARTS) is 2. The number of carbonyl (C=O) groups is 3. The number of nitrogens with zero attached hydrogens (tertiary/aromatic N) is 2. The summed E-state index contributed by atoms with van der Waals surface area (Å²) in [6.45, 7) is 2.62. The molecular formula is C35H41FN2O10. The Morgan fingerprint density at radius 3 is 2.29 bits per heavy atom. The van der Waals surface area contributed by atoms with Crippen LogP contribution in [-0.2, 0) is 32.6 Å². The van der Waals surface area contributed by atoms with Crippen molar-refractivity contribution in [3.05, 3.63) is 58.9 Å². The molecular weight excluding hydrogens is 627 g/mol. The second-order valence-electron chi connectivity index (χ2n) is 14.3. The Hall–Kier alpha value is -3.78. The summed E-state index contributed by atoms with van der Waals surface area (Å²) in [7, 11) is 0. The zero-order chi connectivity index (χ0) is 34.1. The van der Waals surface area contributed by atoms with Crippen molar-refractivity contribution in [1.29, 1.82) is 0 Å². The van der Waals surface area contributed by atoms with Crippen LogP contribution < -0.4 is 4.74 Å². The van der Waals surface area contributed by atoms with Gasteiger partial charge in [-0.25, -0.2) is 14.0 Å². The number of phenolic OH excluding ortho intramolecular Hbond substituents is 1. The number of rotatable bonds is 8. The number of benzene rings is 2. The van der Waals surface area contributed by atoms with E-state index in [0.717, 1.165) is 49.4 Å². The number of aliphatic carboxylic acids is 2. The molecule has 0 aromatic heterocycles. The molecule has 2 aromatic carbocycles. The van der Waals surface area contributed by atoms with Crippen LogP contribution in [-0.4, -0.2) is 114 Å². The van der Waals surface area contributed by atoms with Crippen LogP contribution in [0.2, 0.25) is 0 Å². The van der Waals surface area contributed by atoms with Gasteiger partial charge in [0, 0.05) is 30.6 Å². The normalized spacial score (nSPS) is 32.8. The highest BCUT2D eigenvalue weighted by Gasteiger charge is 2.73. The van der Waals surface area contributed by atoms with Crippen molar-refractivity contribution >= 4 is 17.8 Å². The predicted octanol–water partition coefficient (Wildman–Crippen LogP) is 1.43. The van der Waals surface area contributed by atoms with E-state index in [9.17, 15) is 29.0 Å². The minimum atomic E-state index is -2.27. The molecule has 0 radical (unpaired) electrons. The third kappa shape index (κ3) is 5.13. The van der Waals surface area contributed by atoms with Gasteiger partial charge < -0.3 is 40.3 Å². The number of aromatic hydroxyl groups is 1. The molecule has 2 bridgehead atoms. The highest BCUT2D eigenvalue weighted by molar-refractivity contribution is 5.83. The molecule has 8 rings (SSSR count). The van der Waals surface area contributed by atoms with Gasteiger partial charge in [-0.3, -0.25) is 9.69 Å². The maximum Gasteiger partial charge on any atom is 0.335 e. The Bertz CT molecular complexity index is 1600. The van der Waals surface area contributed by atoms with Gasteiger partial charge in [-0.2, -0.15) is 0 Å². The standard InChI is InChI=1S/C31H35FN2O4.C4H6O6/c32-22-6-3-18(4-7-22)15-21-10-13-34(29(21)36)23-9-11-31(37)25-16-20-5-8-24(35)27-26(20)30(31,28(23)38-27)12-14-33(25)17-19-1-2-19;5-1(3(7)8)2(6)4(9)10/h3-8,19,21,23,25,28,35,37H,1-2,9-17H2;1-2,5-6H,(H,7,8)(H,9,10)/t21?,23-,25+,28-,30-,31?;/m0./s1. The van der Waals surface area contributed by atoms with Crippen LogP contribution >= 0.6 is 0 Å². The minimum Gasteiger partial charge on any atom is -0.504 e. The van der Waals surface area contributed by atoms with Gasteiger partial charge in [0.15, 0.2) is 23.7 Å². The van der Waals surface area contributed by atoms with Gasteiger partial charge >= 0.3 is 11.9 Å². The number of aliphatic hydroxyl groups excluding tert-OH is 2. The van der Waals surface area contributed by atoms with Crippen LogP contribution in [0.1, 0.15) is 55.2 Å². The average molecular weight is 669 g/mol. The second kappa shape index (κ2) is 12.0. The maximum atomic E-state index is 13.8. The summed E-state index contributed by atoms with van der Waals surface area (Å²) in [5.41, 5.74) is 1.60. The van der Waals surface area contributed by atoms with E-state index in [2.05, 4.69) is 4.90 Å². The Labute approximate surface area is 276 Å². The van der Waals surface area contributed by atoms with Crippen LogP contribution in [0.4, 0.5) is 4.39 Å². The lowest BCUT2D eigenvalue weighted by Gasteiger charge is -2.64. The lowest BCUT2D eigenvalue weighted by Crippen LogP contribution is -2.78. The number of likely N-dealkylation sites (tertiary alicyclic amines) is 2. The summed E-state index contributed by atoms with van der Waals surface area (Å²) >= 11 is 0. The van der Waals surface area contributed by atoms with Gasteiger partial charge in [-0.1, -0.05) is 18.2 Å². The van der Waals surface area contributed by atoms with Crippen molar-refractivity contribution in [1.82, 2.24) is 9.80 Å². The number of hydrogen-bond donors (Lipinski definition) is 6. The van der Waals surface area contributed by atoms with E-state index in [1.807, 2.05) is 11.0 Å². The molecule has 4 fully saturated rings. The summed E-state index contributed by atoms with van der Waals surface area (Å²) in [4.78, 5) is 37.9. The van der Waals surface area contributed by atoms with Gasteiger partial charge in [0.25, 0.3) is 0 Å². The largest absolute Gasteiger partial charge is 0.504 e. The molecule has 6 N–H and O–H groups in total. The van der Waals surface area contributed by atoms with Crippen LogP contribution in [0.25, 0.3) is 0 Å². The van der Waals surface area contributed by atoms with Gasteiger partial charge in [-0.15, -0.1) is 0 Å². The number of carbonyl (C=O) groups excluding carboxylic acids is 1. The molecule has 4 unspecified atom stereocenters. The number of ether oxygens (including phenoxy) is 1. The fourth-order valence-corrected chi connectivity index (χ4v) is 9.23. The second-order valence-corrected chi connectivity index (χ2v) is 14.3. The van der Waals surface area contributed by atoms with Gasteiger partial charge in [0.1, 0.15) is 11.9 Å². The SMILES string of the molecule is O=C(O)C(O)C(O)C(=O)O.O=C1C(Cc2ccc(F)cc2)CCN1[C@H]1CCC2(O)[C@H]3Cc4ccc(O)c5c4[C@@]2(CCN3CC2CC2)[C@H]1O5. The molecule has 3 aliphatic carbocycles. The number of carboxylic acids is 2. The van der Waals surface area contributed by atoms with Crippen molar-refractivity contribution in [2.45, 2.75) is 92.8 Å². The monoisotopic (exact) mass is 668 g/mol. The zero-order valence-corrected chi connectivity index (χ0v) is 26.4. The fraction of sp³-hybridized carbons (Fsp3) is 0.571. The summed E-state index contributed by atoms with van der Waals surface area (Å²) in [6, 6.07) is 10.1. The predicted molar refractivity (Wildman–Crippen MR) is 166 cm³/mol. The molecule has 2 aromatic rings. The smallest absolute Gasteiger partial charge is 0.335 e. The molecule has 258 valence electrons. The average Bonchev–Trinajstić information content (AvgIpc) is 3.70. The lowest BCUT2D eigenvalue weighted by atomic mass is 9.48. The Balaban J connectivity index is 0.000000320. The third-order valence-electron chi connectivity index (χ3n) is 11.7. The molecule has 2 saturated heterocycles. The van der Waals surface area contributed by atoms with Gasteiger partial charge in [0.05, 0.1) is 17.1 Å². The zero-order valence-electron chi connectivity index (χ0n) is 26.4. The van der Waals surface area contributed by atoms with Gasteiger partial charge in [-0.05, 0) is 93.2 Å². The molecule has 8 atom stereocenters. The topological polar surface area (TPSA) is 188 Å². The van der Waals surface area contributed by atoms with E-state index in [4.69, 9.17) is 25.2 Å². The first-order valence-corrected chi connectivity index (χ1v) is 16.7. The maximum absolute atomic E-state index is 13.8. The number of amides is 1. The third-order valence-corrected chi connectivity index (χ3v) is 11.7. The Morgan fingerprint density at radius 2 is 1.65 bits per heavy atom. The van der Waals surface area contributed by atoms with Crippen molar-refractivity contribution < 1.29 is 54.2 Å². The number of piperidine rings is 1. The quantitative estimate of drug-likeness (QED) is 0.239. The first kappa shape index (κ1) is 32.8. The molecule has 1 amide bonds. The number of halogens is 1. The summed E-state index contributed by atoms with van der Waals surface area (Å²) in [5, 5.41) is 56.1. The summed E-state index contributed by atoms with van der Waals surface area (Å²) in [6.07, 6.45) is 1.90. The first-order chi connectivity index (χ1) is 22.9. The molecule has 12 nitrogen and oxygen atoms in total. The van der Waals surface area contributed by atoms with Crippen molar-refractivity contribution in [2.24, 2.45) is 11.8 Å². The van der Waals surface area contributed by atoms with Crippen LogP contribution in [0.15, 0.2) is 36.4 Å².